The van der Waals surface area contributed by atoms with E-state index < -0.39 is 10.0 Å². The van der Waals surface area contributed by atoms with Gasteiger partial charge >= 0.3 is 0 Å². The van der Waals surface area contributed by atoms with Gasteiger partial charge in [-0.3, -0.25) is 4.90 Å². The Balaban J connectivity index is 1.32. The predicted octanol–water partition coefficient (Wildman–Crippen LogP) is 1.43. The highest BCUT2D eigenvalue weighted by molar-refractivity contribution is 7.89. The van der Waals surface area contributed by atoms with Crippen molar-refractivity contribution in [3.8, 4) is 0 Å². The third kappa shape index (κ3) is 4.51. The number of hydrogen-bond acceptors (Lipinski definition) is 9. The van der Waals surface area contributed by atoms with E-state index in [4.69, 9.17) is 9.84 Å². The van der Waals surface area contributed by atoms with E-state index in [9.17, 15) is 8.42 Å². The first-order valence-corrected chi connectivity index (χ1v) is 13.9. The van der Waals surface area contributed by atoms with Crippen molar-refractivity contribution >= 4 is 37.4 Å². The Morgan fingerprint density at radius 3 is 2.69 bits per heavy atom. The third-order valence-corrected chi connectivity index (χ3v) is 9.93. The molecule has 0 bridgehead atoms. The number of morpholine rings is 1. The molecule has 0 radical (unpaired) electrons. The minimum atomic E-state index is -3.47. The smallest absolute Gasteiger partial charge is 0.216 e. The molecule has 0 amide bonds. The summed E-state index contributed by atoms with van der Waals surface area (Å²) in [6, 6.07) is 1.00. The highest BCUT2D eigenvalue weighted by Gasteiger charge is 2.31. The molecule has 2 aromatic rings. The number of fused-ring (bicyclic) bond motifs is 3. The first kappa shape index (κ1) is 22.4. The monoisotopic (exact) mass is 481 g/mol. The van der Waals surface area contributed by atoms with Gasteiger partial charge in [-0.05, 0) is 37.7 Å². The van der Waals surface area contributed by atoms with Crippen LogP contribution in [0, 0.1) is 0 Å². The summed E-state index contributed by atoms with van der Waals surface area (Å²) in [6.45, 7) is 4.15. The van der Waals surface area contributed by atoms with Crippen molar-refractivity contribution in [3.05, 3.63) is 16.8 Å². The molecule has 2 aliphatic heterocycles. The van der Waals surface area contributed by atoms with Crippen molar-refractivity contribution in [2.75, 3.05) is 50.5 Å². The van der Waals surface area contributed by atoms with Gasteiger partial charge in [-0.1, -0.05) is 0 Å². The molecule has 2 N–H and O–H groups in total. The molecule has 11 heteroatoms. The van der Waals surface area contributed by atoms with Gasteiger partial charge in [0.05, 0.1) is 31.0 Å². The van der Waals surface area contributed by atoms with Gasteiger partial charge in [0.25, 0.3) is 0 Å². The Labute approximate surface area is 192 Å². The van der Waals surface area contributed by atoms with E-state index in [1.807, 2.05) is 0 Å². The van der Waals surface area contributed by atoms with Crippen molar-refractivity contribution in [1.82, 2.24) is 19.2 Å². The zero-order valence-electron chi connectivity index (χ0n) is 18.2. The highest BCUT2D eigenvalue weighted by atomic mass is 32.2. The van der Waals surface area contributed by atoms with Gasteiger partial charge in [-0.2, -0.15) is 4.31 Å². The summed E-state index contributed by atoms with van der Waals surface area (Å²) < 4.78 is 32.0. The van der Waals surface area contributed by atoms with E-state index in [0.29, 0.717) is 31.6 Å². The fraction of sp³-hybridized carbons (Fsp3) is 0.714. The van der Waals surface area contributed by atoms with Gasteiger partial charge in [0, 0.05) is 43.1 Å². The van der Waals surface area contributed by atoms with Crippen LogP contribution in [0.5, 0.6) is 0 Å². The Bertz CT molecular complexity index is 1050. The number of rotatable bonds is 6. The molecule has 0 spiro atoms. The molecule has 0 aromatic carbocycles. The number of nitrogens with one attached hydrogen (secondary N) is 1. The summed E-state index contributed by atoms with van der Waals surface area (Å²) in [4.78, 5) is 13.7. The average Bonchev–Trinajstić information content (AvgIpc) is 3.19. The number of thiophene rings is 1. The maximum atomic E-state index is 12.5. The topological polar surface area (TPSA) is 108 Å². The van der Waals surface area contributed by atoms with Crippen molar-refractivity contribution in [3.63, 3.8) is 0 Å². The molecule has 1 aliphatic carbocycles. The second-order valence-electron chi connectivity index (χ2n) is 8.83. The van der Waals surface area contributed by atoms with E-state index in [1.54, 1.807) is 17.7 Å². The normalized spacial score (nSPS) is 25.7. The number of aromatic nitrogens is 2. The van der Waals surface area contributed by atoms with Gasteiger partial charge in [-0.15, -0.1) is 11.3 Å². The lowest BCUT2D eigenvalue weighted by Gasteiger charge is -2.39. The van der Waals surface area contributed by atoms with E-state index in [2.05, 4.69) is 20.2 Å². The van der Waals surface area contributed by atoms with Gasteiger partial charge in [0.2, 0.25) is 10.0 Å². The number of nitrogens with zero attached hydrogens (tertiary/aromatic N) is 4. The molecule has 2 aromatic heterocycles. The molecular formula is C21H31N5O4S2. The molecule has 2 fully saturated rings. The lowest BCUT2D eigenvalue weighted by atomic mass is 9.90. The number of ether oxygens (including phenoxy) is 1. The first-order chi connectivity index (χ1) is 15.5. The quantitative estimate of drug-likeness (QED) is 0.638. The van der Waals surface area contributed by atoms with Crippen LogP contribution in [0.1, 0.15) is 36.1 Å². The lowest BCUT2D eigenvalue weighted by molar-refractivity contribution is 0.00791. The van der Waals surface area contributed by atoms with Gasteiger partial charge < -0.3 is 15.2 Å². The molecule has 0 unspecified atom stereocenters. The predicted molar refractivity (Wildman–Crippen MR) is 124 cm³/mol. The molecule has 32 heavy (non-hydrogen) atoms. The number of hydrogen-bond donors (Lipinski definition) is 2. The van der Waals surface area contributed by atoms with Crippen LogP contribution in [0.3, 0.4) is 0 Å². The molecule has 9 nitrogen and oxygen atoms in total. The summed E-state index contributed by atoms with van der Waals surface area (Å²) in [5, 5.41) is 13.8. The lowest BCUT2D eigenvalue weighted by Crippen LogP contribution is -2.46. The SMILES string of the molecule is O=S(=O)(CCO)N1CCc2sc3ncnc(NC4CCC(N5CCOCC5)CC4)c3c2C1. The molecule has 3 aliphatic rings. The second-order valence-corrected chi connectivity index (χ2v) is 12.0. The van der Waals surface area contributed by atoms with E-state index in [0.717, 1.165) is 60.7 Å². The summed E-state index contributed by atoms with van der Waals surface area (Å²) in [5.41, 5.74) is 1.02. The third-order valence-electron chi connectivity index (χ3n) is 6.94. The van der Waals surface area contributed by atoms with Crippen molar-refractivity contribution in [2.24, 2.45) is 0 Å². The van der Waals surface area contributed by atoms with Crippen LogP contribution in [-0.2, 0) is 27.7 Å². The van der Waals surface area contributed by atoms with E-state index >= 15 is 0 Å². The standard InChI is InChI=1S/C21H31N5O4S2/c27-9-12-32(28,29)26-6-5-18-17(13-26)19-20(22-14-23-21(19)31-18)24-15-1-3-16(4-2-15)25-7-10-30-11-8-25/h14-16,27H,1-13H2,(H,22,23,24). The number of anilines is 1. The summed E-state index contributed by atoms with van der Waals surface area (Å²) in [5.74, 6) is 0.585. The summed E-state index contributed by atoms with van der Waals surface area (Å²) >= 11 is 1.64. The fourth-order valence-corrected chi connectivity index (χ4v) is 7.52. The molecular weight excluding hydrogens is 450 g/mol. The van der Waals surface area contributed by atoms with Crippen LogP contribution in [0.4, 0.5) is 5.82 Å². The summed E-state index contributed by atoms with van der Waals surface area (Å²) in [7, 11) is -3.47. The minimum absolute atomic E-state index is 0.238. The fourth-order valence-electron chi connectivity index (χ4n) is 5.20. The highest BCUT2D eigenvalue weighted by Crippen LogP contribution is 2.38. The molecule has 1 saturated heterocycles. The first-order valence-electron chi connectivity index (χ1n) is 11.5. The van der Waals surface area contributed by atoms with Crippen LogP contribution < -0.4 is 5.32 Å². The van der Waals surface area contributed by atoms with Crippen LogP contribution in [0.2, 0.25) is 0 Å². The van der Waals surface area contributed by atoms with Crippen LogP contribution in [0.15, 0.2) is 6.33 Å². The number of aliphatic hydroxyl groups excluding tert-OH is 1. The second kappa shape index (κ2) is 9.47. The number of sulfonamides is 1. The van der Waals surface area contributed by atoms with E-state index in [-0.39, 0.29) is 12.4 Å². The van der Waals surface area contributed by atoms with Crippen LogP contribution in [0.25, 0.3) is 10.2 Å². The average molecular weight is 482 g/mol. The zero-order valence-corrected chi connectivity index (χ0v) is 19.8. The Morgan fingerprint density at radius 2 is 1.94 bits per heavy atom. The molecule has 0 atom stereocenters. The number of aliphatic hydroxyl groups is 1. The minimum Gasteiger partial charge on any atom is -0.395 e. The zero-order chi connectivity index (χ0) is 22.1. The van der Waals surface area contributed by atoms with Crippen molar-refractivity contribution < 1.29 is 18.3 Å². The van der Waals surface area contributed by atoms with Gasteiger partial charge in [0.15, 0.2) is 0 Å². The Kier molecular flexibility index (Phi) is 6.64. The van der Waals surface area contributed by atoms with Crippen molar-refractivity contribution in [1.29, 1.82) is 0 Å². The van der Waals surface area contributed by atoms with Crippen LogP contribution in [-0.4, -0.2) is 90.0 Å². The maximum absolute atomic E-state index is 12.5. The largest absolute Gasteiger partial charge is 0.395 e. The molecule has 176 valence electrons. The van der Waals surface area contributed by atoms with Crippen molar-refractivity contribution in [2.45, 2.75) is 50.7 Å². The maximum Gasteiger partial charge on any atom is 0.216 e. The molecule has 5 rings (SSSR count). The van der Waals surface area contributed by atoms with E-state index in [1.165, 1.54) is 22.0 Å². The van der Waals surface area contributed by atoms with Crippen LogP contribution >= 0.6 is 11.3 Å². The molecule has 4 heterocycles. The van der Waals surface area contributed by atoms with Gasteiger partial charge in [0.1, 0.15) is 17.0 Å². The van der Waals surface area contributed by atoms with Gasteiger partial charge in [-0.25, -0.2) is 18.4 Å². The Hall–Kier alpha value is -1.37. The summed E-state index contributed by atoms with van der Waals surface area (Å²) in [6.07, 6.45) is 6.80. The Morgan fingerprint density at radius 1 is 1.16 bits per heavy atom. The molecule has 1 saturated carbocycles.